The molecule has 0 unspecified atom stereocenters. The van der Waals surface area contributed by atoms with Gasteiger partial charge in [0.2, 0.25) is 5.91 Å². The smallest absolute Gasteiger partial charge is 0.242 e. The third kappa shape index (κ3) is 2.13. The maximum atomic E-state index is 12.1. The van der Waals surface area contributed by atoms with Crippen molar-refractivity contribution in [3.63, 3.8) is 0 Å². The second kappa shape index (κ2) is 4.80. The van der Waals surface area contributed by atoms with Crippen LogP contribution in [0.5, 0.6) is 0 Å². The summed E-state index contributed by atoms with van der Waals surface area (Å²) in [6, 6.07) is 8.44. The van der Waals surface area contributed by atoms with E-state index in [4.69, 9.17) is 4.98 Å². The molecule has 1 aromatic carbocycles. The van der Waals surface area contributed by atoms with E-state index < -0.39 is 0 Å². The van der Waals surface area contributed by atoms with Gasteiger partial charge in [-0.1, -0.05) is 18.2 Å². The summed E-state index contributed by atoms with van der Waals surface area (Å²) in [6.45, 7) is 4.29. The Bertz CT molecular complexity index is 892. The number of hydrogen-bond acceptors (Lipinski definition) is 3. The number of carbonyl (C=O) groups is 1. The SMILES string of the molecule is Cc1nn(CC(=O)NC2CC2)c2nc3ccccc3c(C)c12. The summed E-state index contributed by atoms with van der Waals surface area (Å²) in [7, 11) is 0. The Morgan fingerprint density at radius 2 is 2.09 bits per heavy atom. The second-order valence-electron chi connectivity index (χ2n) is 6.04. The molecule has 0 aliphatic heterocycles. The van der Waals surface area contributed by atoms with Gasteiger partial charge in [-0.2, -0.15) is 5.10 Å². The predicted molar refractivity (Wildman–Crippen MR) is 85.7 cm³/mol. The highest BCUT2D eigenvalue weighted by atomic mass is 16.2. The molecule has 0 spiro atoms. The number of nitrogens with one attached hydrogen (secondary N) is 1. The Labute approximate surface area is 128 Å². The van der Waals surface area contributed by atoms with Crippen LogP contribution >= 0.6 is 0 Å². The number of rotatable bonds is 3. The molecule has 1 saturated carbocycles. The quantitative estimate of drug-likeness (QED) is 0.807. The van der Waals surface area contributed by atoms with E-state index >= 15 is 0 Å². The highest BCUT2D eigenvalue weighted by Gasteiger charge is 2.24. The summed E-state index contributed by atoms with van der Waals surface area (Å²) in [5.41, 5.74) is 3.83. The van der Waals surface area contributed by atoms with Crippen molar-refractivity contribution in [2.24, 2.45) is 0 Å². The van der Waals surface area contributed by atoms with E-state index in [1.165, 1.54) is 5.56 Å². The van der Waals surface area contributed by atoms with Gasteiger partial charge in [-0.15, -0.1) is 0 Å². The lowest BCUT2D eigenvalue weighted by Crippen LogP contribution is -2.29. The van der Waals surface area contributed by atoms with Crippen LogP contribution in [0.15, 0.2) is 24.3 Å². The zero-order chi connectivity index (χ0) is 15.3. The molecule has 2 heterocycles. The Balaban J connectivity index is 1.83. The molecule has 2 aromatic heterocycles. The summed E-state index contributed by atoms with van der Waals surface area (Å²) >= 11 is 0. The minimum Gasteiger partial charge on any atom is -0.352 e. The molecule has 22 heavy (non-hydrogen) atoms. The van der Waals surface area contributed by atoms with Crippen LogP contribution in [0.25, 0.3) is 21.9 Å². The van der Waals surface area contributed by atoms with Crippen LogP contribution in [0, 0.1) is 13.8 Å². The minimum absolute atomic E-state index is 0.0134. The van der Waals surface area contributed by atoms with Gasteiger partial charge < -0.3 is 5.32 Å². The first-order valence-corrected chi connectivity index (χ1v) is 7.65. The first-order valence-electron chi connectivity index (χ1n) is 7.65. The molecule has 1 N–H and O–H groups in total. The molecule has 5 nitrogen and oxygen atoms in total. The van der Waals surface area contributed by atoms with Gasteiger partial charge in [0.15, 0.2) is 5.65 Å². The van der Waals surface area contributed by atoms with Gasteiger partial charge in [-0.3, -0.25) is 4.79 Å². The van der Waals surface area contributed by atoms with E-state index in [9.17, 15) is 4.79 Å². The topological polar surface area (TPSA) is 59.8 Å². The molecule has 3 aromatic rings. The fourth-order valence-electron chi connectivity index (χ4n) is 3.01. The van der Waals surface area contributed by atoms with Crippen LogP contribution in [0.1, 0.15) is 24.1 Å². The molecular formula is C17H18N4O. The molecule has 5 heteroatoms. The molecule has 4 rings (SSSR count). The van der Waals surface area contributed by atoms with Gasteiger partial charge in [-0.05, 0) is 38.3 Å². The van der Waals surface area contributed by atoms with Gasteiger partial charge in [-0.25, -0.2) is 9.67 Å². The van der Waals surface area contributed by atoms with Crippen LogP contribution in [-0.2, 0) is 11.3 Å². The summed E-state index contributed by atoms with van der Waals surface area (Å²) in [5, 5.41) is 9.73. The average molecular weight is 294 g/mol. The van der Waals surface area contributed by atoms with Crippen LogP contribution in [-0.4, -0.2) is 26.7 Å². The van der Waals surface area contributed by atoms with Crippen LogP contribution in [0.3, 0.4) is 0 Å². The molecule has 1 aliphatic carbocycles. The maximum absolute atomic E-state index is 12.1. The number of amides is 1. The van der Waals surface area contributed by atoms with Crippen molar-refractivity contribution < 1.29 is 4.79 Å². The number of carbonyl (C=O) groups excluding carboxylic acids is 1. The summed E-state index contributed by atoms with van der Waals surface area (Å²) in [4.78, 5) is 16.8. The summed E-state index contributed by atoms with van der Waals surface area (Å²) in [5.74, 6) is 0.0134. The molecule has 112 valence electrons. The Kier molecular flexibility index (Phi) is 2.89. The lowest BCUT2D eigenvalue weighted by Gasteiger charge is -2.06. The Hall–Kier alpha value is -2.43. The second-order valence-corrected chi connectivity index (χ2v) is 6.04. The average Bonchev–Trinajstić information content (AvgIpc) is 3.24. The zero-order valence-corrected chi connectivity index (χ0v) is 12.8. The predicted octanol–water partition coefficient (Wildman–Crippen LogP) is 2.48. The van der Waals surface area contributed by atoms with Crippen molar-refractivity contribution in [2.75, 3.05) is 0 Å². The monoisotopic (exact) mass is 294 g/mol. The van der Waals surface area contributed by atoms with Crippen molar-refractivity contribution in [1.29, 1.82) is 0 Å². The van der Waals surface area contributed by atoms with Crippen LogP contribution in [0.4, 0.5) is 0 Å². The third-order valence-corrected chi connectivity index (χ3v) is 4.25. The molecule has 0 saturated heterocycles. The van der Waals surface area contributed by atoms with E-state index in [-0.39, 0.29) is 12.5 Å². The van der Waals surface area contributed by atoms with E-state index in [1.54, 1.807) is 4.68 Å². The van der Waals surface area contributed by atoms with Gasteiger partial charge in [0.25, 0.3) is 0 Å². The number of fused-ring (bicyclic) bond motifs is 2. The van der Waals surface area contributed by atoms with E-state index in [1.807, 2.05) is 25.1 Å². The number of para-hydroxylation sites is 1. The normalized spacial score (nSPS) is 14.6. The number of aromatic nitrogens is 3. The third-order valence-electron chi connectivity index (χ3n) is 4.25. The van der Waals surface area contributed by atoms with E-state index in [0.29, 0.717) is 6.04 Å². The van der Waals surface area contributed by atoms with Crippen LogP contribution in [0.2, 0.25) is 0 Å². The van der Waals surface area contributed by atoms with Gasteiger partial charge >= 0.3 is 0 Å². The van der Waals surface area contributed by atoms with Gasteiger partial charge in [0.05, 0.1) is 11.2 Å². The fourth-order valence-corrected chi connectivity index (χ4v) is 3.01. The van der Waals surface area contributed by atoms with Crippen LogP contribution < -0.4 is 5.32 Å². The summed E-state index contributed by atoms with van der Waals surface area (Å²) in [6.07, 6.45) is 2.18. The first-order chi connectivity index (χ1) is 10.6. The van der Waals surface area contributed by atoms with Gasteiger partial charge in [0, 0.05) is 16.8 Å². The Morgan fingerprint density at radius 3 is 2.86 bits per heavy atom. The highest BCUT2D eigenvalue weighted by molar-refractivity contribution is 5.97. The lowest BCUT2D eigenvalue weighted by atomic mass is 10.1. The van der Waals surface area contributed by atoms with Crippen molar-refractivity contribution in [2.45, 2.75) is 39.3 Å². The van der Waals surface area contributed by atoms with Gasteiger partial charge in [0.1, 0.15) is 6.54 Å². The largest absolute Gasteiger partial charge is 0.352 e. The lowest BCUT2D eigenvalue weighted by molar-refractivity contribution is -0.121. The molecule has 0 bridgehead atoms. The molecular weight excluding hydrogens is 276 g/mol. The van der Waals surface area contributed by atoms with E-state index in [0.717, 1.165) is 40.5 Å². The number of nitrogens with zero attached hydrogens (tertiary/aromatic N) is 3. The number of hydrogen-bond donors (Lipinski definition) is 1. The molecule has 1 fully saturated rings. The van der Waals surface area contributed by atoms with Crippen molar-refractivity contribution in [3.8, 4) is 0 Å². The molecule has 0 atom stereocenters. The molecule has 1 amide bonds. The van der Waals surface area contributed by atoms with E-state index in [2.05, 4.69) is 23.4 Å². The standard InChI is InChI=1S/C17H18N4O/c1-10-13-5-3-4-6-14(13)19-17-16(10)11(2)20-21(17)9-15(22)18-12-7-8-12/h3-6,12H,7-9H2,1-2H3,(H,18,22). The highest BCUT2D eigenvalue weighted by Crippen LogP contribution is 2.27. The first kappa shape index (κ1) is 13.2. The fraction of sp³-hybridized carbons (Fsp3) is 0.353. The van der Waals surface area contributed by atoms with Crippen molar-refractivity contribution in [1.82, 2.24) is 20.1 Å². The maximum Gasteiger partial charge on any atom is 0.242 e. The molecule has 0 radical (unpaired) electrons. The summed E-state index contributed by atoms with van der Waals surface area (Å²) < 4.78 is 1.72. The molecule has 1 aliphatic rings. The number of benzene rings is 1. The number of aryl methyl sites for hydroxylation is 2. The Morgan fingerprint density at radius 1 is 1.32 bits per heavy atom. The van der Waals surface area contributed by atoms with Crippen molar-refractivity contribution in [3.05, 3.63) is 35.5 Å². The van der Waals surface area contributed by atoms with Crippen molar-refractivity contribution >= 4 is 27.8 Å². The minimum atomic E-state index is 0.0134. The number of pyridine rings is 1. The zero-order valence-electron chi connectivity index (χ0n) is 12.8.